The fourth-order valence-corrected chi connectivity index (χ4v) is 2.31. The molecule has 6 nitrogen and oxygen atoms in total. The van der Waals surface area contributed by atoms with E-state index in [1.165, 1.54) is 25.4 Å². The van der Waals surface area contributed by atoms with Crippen molar-refractivity contribution in [2.75, 3.05) is 32.0 Å². The lowest BCUT2D eigenvalue weighted by molar-refractivity contribution is 0.0697. The molecule has 1 fully saturated rings. The number of carboxylic acids is 1. The van der Waals surface area contributed by atoms with Crippen molar-refractivity contribution in [3.05, 3.63) is 18.1 Å². The second-order valence-corrected chi connectivity index (χ2v) is 4.74. The third kappa shape index (κ3) is 3.16. The number of nitrogens with zero attached hydrogens (tertiary/aromatic N) is 3. The summed E-state index contributed by atoms with van der Waals surface area (Å²) in [6.07, 6.45) is 5.05. The SMILES string of the molecule is CN1CCCC(CNc2ncncc2C(=O)O)C1. The van der Waals surface area contributed by atoms with Gasteiger partial charge in [-0.2, -0.15) is 0 Å². The van der Waals surface area contributed by atoms with Crippen LogP contribution in [0.25, 0.3) is 0 Å². The Morgan fingerprint density at radius 3 is 3.22 bits per heavy atom. The Bertz CT molecular complexity index is 424. The average molecular weight is 250 g/mol. The summed E-state index contributed by atoms with van der Waals surface area (Å²) >= 11 is 0. The van der Waals surface area contributed by atoms with E-state index in [1.807, 2.05) is 0 Å². The molecular weight excluding hydrogens is 232 g/mol. The molecule has 1 aliphatic rings. The van der Waals surface area contributed by atoms with Crippen molar-refractivity contribution in [3.8, 4) is 0 Å². The molecule has 0 radical (unpaired) electrons. The summed E-state index contributed by atoms with van der Waals surface area (Å²) in [5, 5.41) is 12.1. The molecule has 2 N–H and O–H groups in total. The molecule has 1 saturated heterocycles. The van der Waals surface area contributed by atoms with E-state index in [1.54, 1.807) is 0 Å². The predicted octanol–water partition coefficient (Wildman–Crippen LogP) is 0.928. The van der Waals surface area contributed by atoms with Crippen LogP contribution in [0.3, 0.4) is 0 Å². The van der Waals surface area contributed by atoms with Crippen molar-refractivity contribution in [1.82, 2.24) is 14.9 Å². The molecule has 0 amide bonds. The third-order valence-corrected chi connectivity index (χ3v) is 3.22. The van der Waals surface area contributed by atoms with Crippen molar-refractivity contribution in [1.29, 1.82) is 0 Å². The van der Waals surface area contributed by atoms with Crippen LogP contribution in [0, 0.1) is 5.92 Å². The Morgan fingerprint density at radius 1 is 1.67 bits per heavy atom. The van der Waals surface area contributed by atoms with E-state index in [0.29, 0.717) is 11.7 Å². The summed E-state index contributed by atoms with van der Waals surface area (Å²) in [5.74, 6) is -0.0510. The molecule has 1 aromatic rings. The van der Waals surface area contributed by atoms with Crippen molar-refractivity contribution >= 4 is 11.8 Å². The van der Waals surface area contributed by atoms with Gasteiger partial charge in [-0.3, -0.25) is 0 Å². The number of carboxylic acid groups (broad SMARTS) is 1. The lowest BCUT2D eigenvalue weighted by atomic mass is 9.98. The van der Waals surface area contributed by atoms with Gasteiger partial charge in [0.1, 0.15) is 17.7 Å². The topological polar surface area (TPSA) is 78.3 Å². The fraction of sp³-hybridized carbons (Fsp3) is 0.583. The number of aromatic carboxylic acids is 1. The molecule has 0 saturated carbocycles. The Morgan fingerprint density at radius 2 is 2.50 bits per heavy atom. The van der Waals surface area contributed by atoms with E-state index in [4.69, 9.17) is 5.11 Å². The minimum absolute atomic E-state index is 0.127. The van der Waals surface area contributed by atoms with Crippen LogP contribution in [-0.4, -0.2) is 52.6 Å². The quantitative estimate of drug-likeness (QED) is 0.827. The summed E-state index contributed by atoms with van der Waals surface area (Å²) in [5.41, 5.74) is 0.127. The number of hydrogen-bond acceptors (Lipinski definition) is 5. The van der Waals surface area contributed by atoms with Gasteiger partial charge in [0.25, 0.3) is 0 Å². The third-order valence-electron chi connectivity index (χ3n) is 3.22. The van der Waals surface area contributed by atoms with Crippen LogP contribution < -0.4 is 5.32 Å². The highest BCUT2D eigenvalue weighted by atomic mass is 16.4. The summed E-state index contributed by atoms with van der Waals surface area (Å²) < 4.78 is 0. The first-order valence-corrected chi connectivity index (χ1v) is 6.12. The normalized spacial score (nSPS) is 20.6. The van der Waals surface area contributed by atoms with Crippen molar-refractivity contribution in [3.63, 3.8) is 0 Å². The lowest BCUT2D eigenvalue weighted by Gasteiger charge is -2.29. The summed E-state index contributed by atoms with van der Waals surface area (Å²) in [4.78, 5) is 21.0. The van der Waals surface area contributed by atoms with Gasteiger partial charge in [0.2, 0.25) is 0 Å². The first-order valence-electron chi connectivity index (χ1n) is 6.12. The molecule has 98 valence electrons. The van der Waals surface area contributed by atoms with Gasteiger partial charge in [-0.1, -0.05) is 0 Å². The predicted molar refractivity (Wildman–Crippen MR) is 67.7 cm³/mol. The number of nitrogens with one attached hydrogen (secondary N) is 1. The van der Waals surface area contributed by atoms with Crippen LogP contribution in [0.5, 0.6) is 0 Å². The molecule has 1 unspecified atom stereocenters. The largest absolute Gasteiger partial charge is 0.477 e. The average Bonchev–Trinajstić information content (AvgIpc) is 2.37. The number of hydrogen-bond donors (Lipinski definition) is 2. The lowest BCUT2D eigenvalue weighted by Crippen LogP contribution is -2.35. The van der Waals surface area contributed by atoms with E-state index < -0.39 is 5.97 Å². The number of likely N-dealkylation sites (tertiary alicyclic amines) is 1. The maximum absolute atomic E-state index is 11.0. The van der Waals surface area contributed by atoms with Crippen LogP contribution in [-0.2, 0) is 0 Å². The van der Waals surface area contributed by atoms with Crippen LogP contribution in [0.1, 0.15) is 23.2 Å². The van der Waals surface area contributed by atoms with E-state index >= 15 is 0 Å². The molecule has 2 heterocycles. The van der Waals surface area contributed by atoms with Gasteiger partial charge in [-0.15, -0.1) is 0 Å². The highest BCUT2D eigenvalue weighted by molar-refractivity contribution is 5.92. The van der Waals surface area contributed by atoms with Crippen LogP contribution >= 0.6 is 0 Å². The minimum atomic E-state index is -1.00. The number of carbonyl (C=O) groups is 1. The highest BCUT2D eigenvalue weighted by Gasteiger charge is 2.18. The first kappa shape index (κ1) is 12.8. The summed E-state index contributed by atoms with van der Waals surface area (Å²) in [7, 11) is 2.11. The van der Waals surface area contributed by atoms with Gasteiger partial charge >= 0.3 is 5.97 Å². The number of aromatic nitrogens is 2. The number of rotatable bonds is 4. The van der Waals surface area contributed by atoms with Gasteiger partial charge in [0, 0.05) is 19.3 Å². The number of piperidine rings is 1. The van der Waals surface area contributed by atoms with Gasteiger partial charge in [0.15, 0.2) is 0 Å². The Kier molecular flexibility index (Phi) is 4.09. The maximum atomic E-state index is 11.0. The molecule has 0 bridgehead atoms. The highest BCUT2D eigenvalue weighted by Crippen LogP contribution is 2.17. The van der Waals surface area contributed by atoms with E-state index in [9.17, 15) is 4.79 Å². The zero-order valence-electron chi connectivity index (χ0n) is 10.5. The molecular formula is C12H18N4O2. The molecule has 0 aliphatic carbocycles. The van der Waals surface area contributed by atoms with Crippen molar-refractivity contribution < 1.29 is 9.90 Å². The van der Waals surface area contributed by atoms with Gasteiger partial charge in [0.05, 0.1) is 0 Å². The zero-order chi connectivity index (χ0) is 13.0. The molecule has 0 aromatic carbocycles. The molecule has 6 heteroatoms. The summed E-state index contributed by atoms with van der Waals surface area (Å²) in [6, 6.07) is 0. The Labute approximate surface area is 106 Å². The number of anilines is 1. The van der Waals surface area contributed by atoms with Crippen LogP contribution in [0.2, 0.25) is 0 Å². The van der Waals surface area contributed by atoms with E-state index in [-0.39, 0.29) is 5.56 Å². The molecule has 0 spiro atoms. The minimum Gasteiger partial charge on any atom is -0.477 e. The second kappa shape index (κ2) is 5.77. The van der Waals surface area contributed by atoms with Gasteiger partial charge < -0.3 is 15.3 Å². The maximum Gasteiger partial charge on any atom is 0.341 e. The Hall–Kier alpha value is -1.69. The summed E-state index contributed by atoms with van der Waals surface area (Å²) in [6.45, 7) is 2.94. The molecule has 1 aromatic heterocycles. The van der Waals surface area contributed by atoms with Crippen LogP contribution in [0.4, 0.5) is 5.82 Å². The smallest absolute Gasteiger partial charge is 0.341 e. The van der Waals surface area contributed by atoms with Crippen molar-refractivity contribution in [2.45, 2.75) is 12.8 Å². The van der Waals surface area contributed by atoms with Crippen molar-refractivity contribution in [2.24, 2.45) is 5.92 Å². The molecule has 18 heavy (non-hydrogen) atoms. The van der Waals surface area contributed by atoms with Crippen LogP contribution in [0.15, 0.2) is 12.5 Å². The fourth-order valence-electron chi connectivity index (χ4n) is 2.31. The molecule has 1 atom stereocenters. The van der Waals surface area contributed by atoms with E-state index in [2.05, 4.69) is 27.2 Å². The zero-order valence-corrected chi connectivity index (χ0v) is 10.5. The molecule has 2 rings (SSSR count). The first-order chi connectivity index (χ1) is 8.66. The van der Waals surface area contributed by atoms with Gasteiger partial charge in [-0.25, -0.2) is 14.8 Å². The second-order valence-electron chi connectivity index (χ2n) is 4.74. The standard InChI is InChI=1S/C12H18N4O2/c1-16-4-2-3-9(7-16)5-14-11-10(12(17)18)6-13-8-15-11/h6,8-9H,2-5,7H2,1H3,(H,17,18)(H,13,14,15). The Balaban J connectivity index is 1.95. The van der Waals surface area contributed by atoms with E-state index in [0.717, 1.165) is 19.6 Å². The van der Waals surface area contributed by atoms with Gasteiger partial charge in [-0.05, 0) is 32.4 Å². The molecule has 1 aliphatic heterocycles. The monoisotopic (exact) mass is 250 g/mol.